The number of hydrogen-bond donors (Lipinski definition) is 2. The SMILES string of the molecule is C[C@@H](O)CCN[C@@H]1CCCSC1. The van der Waals surface area contributed by atoms with Crippen molar-refractivity contribution < 1.29 is 5.11 Å². The maximum absolute atomic E-state index is 9.04. The molecule has 12 heavy (non-hydrogen) atoms. The highest BCUT2D eigenvalue weighted by Gasteiger charge is 2.12. The zero-order chi connectivity index (χ0) is 8.81. The Labute approximate surface area is 79.1 Å². The number of hydrogen-bond acceptors (Lipinski definition) is 3. The molecule has 0 saturated carbocycles. The van der Waals surface area contributed by atoms with Crippen LogP contribution in [0, 0.1) is 0 Å². The molecule has 0 bridgehead atoms. The molecule has 1 rings (SSSR count). The molecule has 0 spiro atoms. The van der Waals surface area contributed by atoms with E-state index in [1.807, 2.05) is 18.7 Å². The number of nitrogens with one attached hydrogen (secondary N) is 1. The molecule has 1 heterocycles. The van der Waals surface area contributed by atoms with E-state index in [-0.39, 0.29) is 6.10 Å². The molecule has 0 aromatic carbocycles. The number of thioether (sulfide) groups is 1. The zero-order valence-corrected chi connectivity index (χ0v) is 8.57. The summed E-state index contributed by atoms with van der Waals surface area (Å²) < 4.78 is 0. The molecule has 1 saturated heterocycles. The van der Waals surface area contributed by atoms with Crippen molar-refractivity contribution in [1.82, 2.24) is 5.32 Å². The minimum Gasteiger partial charge on any atom is -0.393 e. The maximum Gasteiger partial charge on any atom is 0.0524 e. The fourth-order valence-corrected chi connectivity index (χ4v) is 2.50. The van der Waals surface area contributed by atoms with E-state index in [4.69, 9.17) is 5.11 Å². The lowest BCUT2D eigenvalue weighted by Crippen LogP contribution is -2.35. The lowest BCUT2D eigenvalue weighted by Gasteiger charge is -2.22. The largest absolute Gasteiger partial charge is 0.393 e. The van der Waals surface area contributed by atoms with Crippen LogP contribution >= 0.6 is 11.8 Å². The van der Waals surface area contributed by atoms with E-state index in [1.54, 1.807) is 0 Å². The van der Waals surface area contributed by atoms with Gasteiger partial charge in [0.15, 0.2) is 0 Å². The fourth-order valence-electron chi connectivity index (χ4n) is 1.40. The smallest absolute Gasteiger partial charge is 0.0524 e. The summed E-state index contributed by atoms with van der Waals surface area (Å²) in [5.74, 6) is 2.58. The van der Waals surface area contributed by atoms with E-state index in [9.17, 15) is 0 Å². The van der Waals surface area contributed by atoms with E-state index < -0.39 is 0 Å². The van der Waals surface area contributed by atoms with Crippen LogP contribution in [0.2, 0.25) is 0 Å². The lowest BCUT2D eigenvalue weighted by molar-refractivity contribution is 0.182. The first kappa shape index (κ1) is 10.4. The van der Waals surface area contributed by atoms with E-state index >= 15 is 0 Å². The Hall–Kier alpha value is 0.270. The molecule has 72 valence electrons. The molecule has 1 aliphatic rings. The first-order valence-electron chi connectivity index (χ1n) is 4.78. The number of aliphatic hydroxyl groups is 1. The van der Waals surface area contributed by atoms with Gasteiger partial charge in [-0.15, -0.1) is 0 Å². The van der Waals surface area contributed by atoms with Gasteiger partial charge in [-0.1, -0.05) is 0 Å². The normalized spacial score (nSPS) is 27.0. The van der Waals surface area contributed by atoms with E-state index in [0.717, 1.165) is 13.0 Å². The summed E-state index contributed by atoms with van der Waals surface area (Å²) >= 11 is 2.04. The van der Waals surface area contributed by atoms with Gasteiger partial charge < -0.3 is 10.4 Å². The van der Waals surface area contributed by atoms with E-state index in [0.29, 0.717) is 6.04 Å². The van der Waals surface area contributed by atoms with Gasteiger partial charge >= 0.3 is 0 Å². The molecular weight excluding hydrogens is 170 g/mol. The summed E-state index contributed by atoms with van der Waals surface area (Å²) in [5.41, 5.74) is 0. The molecule has 0 aliphatic carbocycles. The Balaban J connectivity index is 1.98. The van der Waals surface area contributed by atoms with Crippen molar-refractivity contribution in [3.8, 4) is 0 Å². The quantitative estimate of drug-likeness (QED) is 0.698. The summed E-state index contributed by atoms with van der Waals surface area (Å²) in [6.45, 7) is 2.81. The van der Waals surface area contributed by atoms with Gasteiger partial charge in [-0.3, -0.25) is 0 Å². The predicted octanol–water partition coefficient (Wildman–Crippen LogP) is 1.24. The maximum atomic E-state index is 9.04. The lowest BCUT2D eigenvalue weighted by atomic mass is 10.2. The van der Waals surface area contributed by atoms with Crippen molar-refractivity contribution in [2.75, 3.05) is 18.1 Å². The van der Waals surface area contributed by atoms with Crippen LogP contribution in [-0.2, 0) is 0 Å². The number of rotatable bonds is 4. The van der Waals surface area contributed by atoms with Crippen LogP contribution in [0.15, 0.2) is 0 Å². The standard InChI is InChI=1S/C9H19NOS/c1-8(11)4-5-10-9-3-2-6-12-7-9/h8-11H,2-7H2,1H3/t8-,9-/m1/s1. The van der Waals surface area contributed by atoms with Gasteiger partial charge in [0.1, 0.15) is 0 Å². The second-order valence-corrected chi connectivity index (χ2v) is 4.66. The molecule has 1 fully saturated rings. The second kappa shape index (κ2) is 5.84. The minimum absolute atomic E-state index is 0.159. The van der Waals surface area contributed by atoms with Gasteiger partial charge in [0, 0.05) is 11.8 Å². The van der Waals surface area contributed by atoms with Crippen molar-refractivity contribution in [2.24, 2.45) is 0 Å². The first-order chi connectivity index (χ1) is 5.79. The summed E-state index contributed by atoms with van der Waals surface area (Å²) in [7, 11) is 0. The van der Waals surface area contributed by atoms with Crippen LogP contribution < -0.4 is 5.32 Å². The van der Waals surface area contributed by atoms with Crippen LogP contribution in [0.25, 0.3) is 0 Å². The van der Waals surface area contributed by atoms with Gasteiger partial charge in [0.25, 0.3) is 0 Å². The highest BCUT2D eigenvalue weighted by Crippen LogP contribution is 2.16. The summed E-state index contributed by atoms with van der Waals surface area (Å²) in [6.07, 6.45) is 3.37. The molecule has 2 atom stereocenters. The molecule has 3 heteroatoms. The summed E-state index contributed by atoms with van der Waals surface area (Å²) in [4.78, 5) is 0. The predicted molar refractivity (Wildman–Crippen MR) is 54.6 cm³/mol. The fraction of sp³-hybridized carbons (Fsp3) is 1.00. The average Bonchev–Trinajstić information content (AvgIpc) is 2.05. The Bertz CT molecular complexity index is 113. The van der Waals surface area contributed by atoms with Crippen molar-refractivity contribution in [3.63, 3.8) is 0 Å². The van der Waals surface area contributed by atoms with Gasteiger partial charge in [-0.25, -0.2) is 0 Å². The highest BCUT2D eigenvalue weighted by atomic mass is 32.2. The molecule has 0 unspecified atom stereocenters. The monoisotopic (exact) mass is 189 g/mol. The Kier molecular flexibility index (Phi) is 5.04. The molecular formula is C9H19NOS. The number of aliphatic hydroxyl groups excluding tert-OH is 1. The topological polar surface area (TPSA) is 32.3 Å². The molecule has 0 radical (unpaired) electrons. The third-order valence-corrected chi connectivity index (χ3v) is 3.37. The van der Waals surface area contributed by atoms with Crippen LogP contribution in [0.3, 0.4) is 0 Å². The van der Waals surface area contributed by atoms with Crippen molar-refractivity contribution in [1.29, 1.82) is 0 Å². The van der Waals surface area contributed by atoms with E-state index in [1.165, 1.54) is 24.3 Å². The highest BCUT2D eigenvalue weighted by molar-refractivity contribution is 7.99. The molecule has 0 aromatic rings. The molecule has 2 nitrogen and oxygen atoms in total. The second-order valence-electron chi connectivity index (χ2n) is 3.51. The van der Waals surface area contributed by atoms with Crippen molar-refractivity contribution in [3.05, 3.63) is 0 Å². The first-order valence-corrected chi connectivity index (χ1v) is 5.93. The van der Waals surface area contributed by atoms with Gasteiger partial charge in [-0.2, -0.15) is 11.8 Å². The molecule has 2 N–H and O–H groups in total. The zero-order valence-electron chi connectivity index (χ0n) is 7.75. The van der Waals surface area contributed by atoms with Crippen LogP contribution in [0.4, 0.5) is 0 Å². The third-order valence-electron chi connectivity index (χ3n) is 2.16. The Morgan fingerprint density at radius 2 is 2.50 bits per heavy atom. The summed E-state index contributed by atoms with van der Waals surface area (Å²) in [5, 5.41) is 12.5. The van der Waals surface area contributed by atoms with Gasteiger partial charge in [0.2, 0.25) is 0 Å². The van der Waals surface area contributed by atoms with Crippen molar-refractivity contribution >= 4 is 11.8 Å². The summed E-state index contributed by atoms with van der Waals surface area (Å²) in [6, 6.07) is 0.697. The minimum atomic E-state index is -0.159. The molecule has 0 aromatic heterocycles. The van der Waals surface area contributed by atoms with Crippen LogP contribution in [0.1, 0.15) is 26.2 Å². The van der Waals surface area contributed by atoms with Crippen molar-refractivity contribution in [2.45, 2.75) is 38.3 Å². The Morgan fingerprint density at radius 3 is 3.08 bits per heavy atom. The molecule has 0 amide bonds. The van der Waals surface area contributed by atoms with E-state index in [2.05, 4.69) is 5.32 Å². The third kappa shape index (κ3) is 4.33. The Morgan fingerprint density at radius 1 is 1.67 bits per heavy atom. The van der Waals surface area contributed by atoms with Crippen LogP contribution in [-0.4, -0.2) is 35.3 Å². The molecule has 1 aliphatic heterocycles. The average molecular weight is 189 g/mol. The van der Waals surface area contributed by atoms with Gasteiger partial charge in [-0.05, 0) is 38.5 Å². The van der Waals surface area contributed by atoms with Crippen LogP contribution in [0.5, 0.6) is 0 Å². The van der Waals surface area contributed by atoms with Gasteiger partial charge in [0.05, 0.1) is 6.10 Å².